The number of hydrogen-bond acceptors (Lipinski definition) is 4. The zero-order chi connectivity index (χ0) is 23.0. The number of halogens is 1. The lowest BCUT2D eigenvalue weighted by molar-refractivity contribution is -0.141. The average molecular weight is 498 g/mol. The van der Waals surface area contributed by atoms with Crippen LogP contribution in [0.4, 0.5) is 0 Å². The lowest BCUT2D eigenvalue weighted by atomic mass is 9.92. The van der Waals surface area contributed by atoms with Crippen molar-refractivity contribution in [2.75, 3.05) is 7.11 Å². The van der Waals surface area contributed by atoms with Gasteiger partial charge in [0.25, 0.3) is 11.7 Å². The van der Waals surface area contributed by atoms with E-state index in [1.165, 1.54) is 5.56 Å². The van der Waals surface area contributed by atoms with E-state index in [2.05, 4.69) is 29.8 Å². The summed E-state index contributed by atoms with van der Waals surface area (Å²) >= 11 is 3.44. The van der Waals surface area contributed by atoms with Gasteiger partial charge in [-0.3, -0.25) is 9.59 Å². The van der Waals surface area contributed by atoms with E-state index in [1.54, 1.807) is 30.2 Å². The van der Waals surface area contributed by atoms with Gasteiger partial charge in [0.2, 0.25) is 0 Å². The normalized spacial score (nSPS) is 21.0. The van der Waals surface area contributed by atoms with E-state index in [0.717, 1.165) is 31.2 Å². The van der Waals surface area contributed by atoms with Crippen LogP contribution in [0.1, 0.15) is 68.2 Å². The van der Waals surface area contributed by atoms with Gasteiger partial charge in [0, 0.05) is 11.6 Å². The van der Waals surface area contributed by atoms with Crippen molar-refractivity contribution >= 4 is 33.4 Å². The molecule has 168 valence electrons. The molecule has 1 unspecified atom stereocenters. The van der Waals surface area contributed by atoms with Crippen LogP contribution in [0.25, 0.3) is 5.76 Å². The van der Waals surface area contributed by atoms with E-state index in [-0.39, 0.29) is 17.4 Å². The second kappa shape index (κ2) is 9.10. The summed E-state index contributed by atoms with van der Waals surface area (Å²) in [6, 6.07) is 12.6. The van der Waals surface area contributed by atoms with E-state index < -0.39 is 17.7 Å². The Balaban J connectivity index is 1.86. The number of hydrogen-bond donors (Lipinski definition) is 1. The van der Waals surface area contributed by atoms with Crippen molar-refractivity contribution in [3.05, 3.63) is 69.2 Å². The number of nitrogens with zero attached hydrogens (tertiary/aromatic N) is 1. The van der Waals surface area contributed by atoms with Gasteiger partial charge in [0.15, 0.2) is 0 Å². The highest BCUT2D eigenvalue weighted by Crippen LogP contribution is 2.44. The third-order valence-corrected chi connectivity index (χ3v) is 7.16. The SMILES string of the molecule is COc1ccc(/C(O)=C2/C(=O)C(=O)N(C3CCCC3)C2c2ccc(C(C)C)cc2)cc1Br. The Morgan fingerprint density at radius 2 is 1.75 bits per heavy atom. The molecular formula is C26H28BrNO4. The number of carbonyl (C=O) groups is 2. The lowest BCUT2D eigenvalue weighted by Crippen LogP contribution is -2.37. The average Bonchev–Trinajstić information content (AvgIpc) is 3.40. The van der Waals surface area contributed by atoms with Crippen molar-refractivity contribution < 1.29 is 19.4 Å². The van der Waals surface area contributed by atoms with Crippen LogP contribution in [0.3, 0.4) is 0 Å². The van der Waals surface area contributed by atoms with Gasteiger partial charge in [0.05, 0.1) is 23.2 Å². The Bertz CT molecular complexity index is 1070. The predicted molar refractivity (Wildman–Crippen MR) is 128 cm³/mol. The highest BCUT2D eigenvalue weighted by Gasteiger charge is 2.49. The van der Waals surface area contributed by atoms with Crippen molar-refractivity contribution in [2.45, 2.75) is 57.5 Å². The van der Waals surface area contributed by atoms with E-state index >= 15 is 0 Å². The summed E-state index contributed by atoms with van der Waals surface area (Å²) in [5.41, 5.74) is 2.64. The summed E-state index contributed by atoms with van der Waals surface area (Å²) in [7, 11) is 1.56. The standard InChI is InChI=1S/C26H28BrNO4/c1-15(2)16-8-10-17(11-9-16)23-22(24(29)18-12-13-21(32-3)20(27)14-18)25(30)26(31)28(23)19-6-4-5-7-19/h8-15,19,23,29H,4-7H2,1-3H3/b24-22-. The number of rotatable bonds is 5. The van der Waals surface area contributed by atoms with Gasteiger partial charge in [-0.25, -0.2) is 0 Å². The van der Waals surface area contributed by atoms with Gasteiger partial charge in [-0.15, -0.1) is 0 Å². The zero-order valence-electron chi connectivity index (χ0n) is 18.6. The van der Waals surface area contributed by atoms with Gasteiger partial charge in [-0.05, 0) is 64.0 Å². The Morgan fingerprint density at radius 3 is 2.31 bits per heavy atom. The minimum absolute atomic E-state index is 0.00845. The first-order chi connectivity index (χ1) is 15.3. The molecule has 2 aromatic rings. The fourth-order valence-corrected chi connectivity index (χ4v) is 5.31. The highest BCUT2D eigenvalue weighted by molar-refractivity contribution is 9.10. The minimum atomic E-state index is -0.626. The van der Waals surface area contributed by atoms with Crippen molar-refractivity contribution in [1.29, 1.82) is 0 Å². The number of likely N-dealkylation sites (tertiary alicyclic amines) is 1. The summed E-state index contributed by atoms with van der Waals surface area (Å²) in [5.74, 6) is -0.316. The van der Waals surface area contributed by atoms with Crippen LogP contribution in [-0.2, 0) is 9.59 Å². The van der Waals surface area contributed by atoms with Crippen LogP contribution in [-0.4, -0.2) is 34.8 Å². The van der Waals surface area contributed by atoms with Gasteiger partial charge < -0.3 is 14.7 Å². The van der Waals surface area contributed by atoms with Crippen LogP contribution < -0.4 is 4.74 Å². The molecule has 1 saturated carbocycles. The first-order valence-corrected chi connectivity index (χ1v) is 11.9. The van der Waals surface area contributed by atoms with E-state index in [0.29, 0.717) is 21.7 Å². The van der Waals surface area contributed by atoms with Crippen molar-refractivity contribution in [3.8, 4) is 5.75 Å². The summed E-state index contributed by atoms with van der Waals surface area (Å²) in [6.07, 6.45) is 3.83. The molecule has 2 fully saturated rings. The van der Waals surface area contributed by atoms with Crippen LogP contribution in [0, 0.1) is 0 Å². The summed E-state index contributed by atoms with van der Waals surface area (Å²) < 4.78 is 5.93. The van der Waals surface area contributed by atoms with Crippen molar-refractivity contribution in [2.24, 2.45) is 0 Å². The molecule has 1 amide bonds. The third kappa shape index (κ3) is 3.96. The number of ether oxygens (including phenoxy) is 1. The second-order valence-corrected chi connectivity index (χ2v) is 9.67. The van der Waals surface area contributed by atoms with E-state index in [1.807, 2.05) is 24.3 Å². The third-order valence-electron chi connectivity index (χ3n) is 6.54. The number of aliphatic hydroxyl groups is 1. The van der Waals surface area contributed by atoms with Gasteiger partial charge in [0.1, 0.15) is 11.5 Å². The van der Waals surface area contributed by atoms with Crippen LogP contribution in [0.5, 0.6) is 5.75 Å². The molecule has 1 aliphatic carbocycles. The van der Waals surface area contributed by atoms with Gasteiger partial charge in [-0.2, -0.15) is 0 Å². The Labute approximate surface area is 197 Å². The largest absolute Gasteiger partial charge is 0.507 e. The first-order valence-electron chi connectivity index (χ1n) is 11.1. The maximum atomic E-state index is 13.2. The predicted octanol–water partition coefficient (Wildman–Crippen LogP) is 5.95. The molecule has 6 heteroatoms. The monoisotopic (exact) mass is 497 g/mol. The number of ketones is 1. The summed E-state index contributed by atoms with van der Waals surface area (Å²) in [5, 5.41) is 11.2. The van der Waals surface area contributed by atoms with Gasteiger partial charge >= 0.3 is 0 Å². The highest BCUT2D eigenvalue weighted by atomic mass is 79.9. The Morgan fingerprint density at radius 1 is 1.09 bits per heavy atom. The fraction of sp³-hybridized carbons (Fsp3) is 0.385. The number of aliphatic hydroxyl groups excluding tert-OH is 1. The molecule has 32 heavy (non-hydrogen) atoms. The minimum Gasteiger partial charge on any atom is -0.507 e. The van der Waals surface area contributed by atoms with Gasteiger partial charge in [-0.1, -0.05) is 51.0 Å². The summed E-state index contributed by atoms with van der Waals surface area (Å²) in [4.78, 5) is 28.1. The molecule has 1 atom stereocenters. The molecule has 0 radical (unpaired) electrons. The van der Waals surface area contributed by atoms with Crippen molar-refractivity contribution in [1.82, 2.24) is 4.90 Å². The summed E-state index contributed by atoms with van der Waals surface area (Å²) in [6.45, 7) is 4.25. The maximum Gasteiger partial charge on any atom is 0.295 e. The number of carbonyl (C=O) groups excluding carboxylic acids is 2. The number of benzene rings is 2. The second-order valence-electron chi connectivity index (χ2n) is 8.82. The van der Waals surface area contributed by atoms with Crippen molar-refractivity contribution in [3.63, 3.8) is 0 Å². The van der Waals surface area contributed by atoms with Crippen LogP contribution in [0.2, 0.25) is 0 Å². The lowest BCUT2D eigenvalue weighted by Gasteiger charge is -2.31. The molecule has 1 heterocycles. The smallest absolute Gasteiger partial charge is 0.295 e. The topological polar surface area (TPSA) is 66.8 Å². The fourth-order valence-electron chi connectivity index (χ4n) is 4.77. The Hall–Kier alpha value is -2.60. The maximum absolute atomic E-state index is 13.2. The first kappa shape index (κ1) is 22.6. The van der Waals surface area contributed by atoms with Crippen LogP contribution >= 0.6 is 15.9 Å². The molecule has 2 aliphatic rings. The molecular weight excluding hydrogens is 470 g/mol. The van der Waals surface area contributed by atoms with E-state index in [4.69, 9.17) is 4.74 Å². The molecule has 1 saturated heterocycles. The molecule has 1 aliphatic heterocycles. The number of methoxy groups -OCH3 is 1. The Kier molecular flexibility index (Phi) is 6.42. The molecule has 1 N–H and O–H groups in total. The van der Waals surface area contributed by atoms with E-state index in [9.17, 15) is 14.7 Å². The molecule has 0 aromatic heterocycles. The quantitative estimate of drug-likeness (QED) is 0.315. The van der Waals surface area contributed by atoms with Crippen LogP contribution in [0.15, 0.2) is 52.5 Å². The zero-order valence-corrected chi connectivity index (χ0v) is 20.2. The molecule has 0 spiro atoms. The number of amides is 1. The molecule has 4 rings (SSSR count). The molecule has 5 nitrogen and oxygen atoms in total. The molecule has 2 aromatic carbocycles. The molecule has 0 bridgehead atoms. The number of Topliss-reactive ketones (excluding diaryl/α,β-unsaturated/α-hetero) is 1.